The van der Waals surface area contributed by atoms with Crippen molar-refractivity contribution in [1.29, 1.82) is 0 Å². The molecule has 9 heteroatoms. The molecule has 0 fully saturated rings. The number of hydrogen-bond donors (Lipinski definition) is 2. The molecule has 0 radical (unpaired) electrons. The molecular formula is C21H16ClN3O4S. The first-order chi connectivity index (χ1) is 14.3. The van der Waals surface area contributed by atoms with Crippen LogP contribution < -0.4 is 5.43 Å². The van der Waals surface area contributed by atoms with Gasteiger partial charge in [0.1, 0.15) is 0 Å². The van der Waals surface area contributed by atoms with Gasteiger partial charge in [-0.25, -0.2) is 4.79 Å². The van der Waals surface area contributed by atoms with E-state index >= 15 is 0 Å². The molecule has 152 valence electrons. The van der Waals surface area contributed by atoms with Gasteiger partial charge in [-0.05, 0) is 43.3 Å². The van der Waals surface area contributed by atoms with E-state index in [-0.39, 0.29) is 16.3 Å². The van der Waals surface area contributed by atoms with Crippen LogP contribution in [0.2, 0.25) is 5.02 Å². The summed E-state index contributed by atoms with van der Waals surface area (Å²) in [5.74, 6) is -1.15. The number of carboxylic acids is 1. The third-order valence-corrected chi connectivity index (χ3v) is 5.44. The van der Waals surface area contributed by atoms with Crippen molar-refractivity contribution in [3.63, 3.8) is 0 Å². The lowest BCUT2D eigenvalue weighted by Crippen LogP contribution is -1.99. The normalized spacial score (nSPS) is 10.9. The van der Waals surface area contributed by atoms with E-state index in [1.165, 1.54) is 36.2 Å². The van der Waals surface area contributed by atoms with Crippen molar-refractivity contribution >= 4 is 46.9 Å². The molecule has 30 heavy (non-hydrogen) atoms. The Labute approximate surface area is 181 Å². The van der Waals surface area contributed by atoms with Crippen LogP contribution in [0.15, 0.2) is 75.6 Å². The Hall–Kier alpha value is -3.36. The molecule has 0 bridgehead atoms. The maximum Gasteiger partial charge on any atom is 0.337 e. The molecule has 0 saturated carbocycles. The fourth-order valence-corrected chi connectivity index (χ4v) is 3.62. The van der Waals surface area contributed by atoms with Gasteiger partial charge >= 0.3 is 5.97 Å². The first-order valence-electron chi connectivity index (χ1n) is 8.68. The van der Waals surface area contributed by atoms with E-state index < -0.39 is 10.9 Å². The number of nitrogens with one attached hydrogen (secondary N) is 1. The number of halogens is 1. The van der Waals surface area contributed by atoms with Crippen LogP contribution in [0, 0.1) is 17.0 Å². The predicted octanol–water partition coefficient (Wildman–Crippen LogP) is 5.85. The fraction of sp³-hybridized carbons (Fsp3) is 0.0476. The molecule has 0 atom stereocenters. The lowest BCUT2D eigenvalue weighted by Gasteiger charge is -2.05. The van der Waals surface area contributed by atoms with Crippen molar-refractivity contribution in [3.05, 3.63) is 92.5 Å². The Morgan fingerprint density at radius 3 is 2.57 bits per heavy atom. The van der Waals surface area contributed by atoms with E-state index in [2.05, 4.69) is 10.5 Å². The molecule has 0 aromatic heterocycles. The minimum atomic E-state index is -1.15. The molecule has 0 amide bonds. The quantitative estimate of drug-likeness (QED) is 0.270. The number of anilines is 1. The highest BCUT2D eigenvalue weighted by atomic mass is 35.5. The average molecular weight is 442 g/mol. The minimum Gasteiger partial charge on any atom is -0.478 e. The van der Waals surface area contributed by atoms with Gasteiger partial charge in [-0.3, -0.25) is 15.5 Å². The smallest absolute Gasteiger partial charge is 0.337 e. The summed E-state index contributed by atoms with van der Waals surface area (Å²) >= 11 is 7.15. The summed E-state index contributed by atoms with van der Waals surface area (Å²) in [5, 5.41) is 24.8. The second-order valence-electron chi connectivity index (χ2n) is 6.27. The Bertz CT molecular complexity index is 1130. The van der Waals surface area contributed by atoms with Gasteiger partial charge in [-0.1, -0.05) is 47.1 Å². The van der Waals surface area contributed by atoms with Gasteiger partial charge in [-0.2, -0.15) is 5.10 Å². The van der Waals surface area contributed by atoms with Gasteiger partial charge in [0.25, 0.3) is 5.69 Å². The fourth-order valence-electron chi connectivity index (χ4n) is 2.52. The molecule has 3 aromatic rings. The third kappa shape index (κ3) is 5.37. The van der Waals surface area contributed by atoms with E-state index in [4.69, 9.17) is 16.7 Å². The zero-order valence-electron chi connectivity index (χ0n) is 15.7. The zero-order chi connectivity index (χ0) is 21.7. The summed E-state index contributed by atoms with van der Waals surface area (Å²) in [6.07, 6.45) is 1.42. The van der Waals surface area contributed by atoms with E-state index in [0.717, 1.165) is 10.5 Å². The van der Waals surface area contributed by atoms with Crippen LogP contribution in [0.25, 0.3) is 0 Å². The first kappa shape index (κ1) is 21.4. The maximum atomic E-state index is 11.5. The summed E-state index contributed by atoms with van der Waals surface area (Å²) in [6, 6.07) is 17.0. The Morgan fingerprint density at radius 1 is 1.17 bits per heavy atom. The summed E-state index contributed by atoms with van der Waals surface area (Å²) in [4.78, 5) is 23.6. The second-order valence-corrected chi connectivity index (χ2v) is 7.79. The molecule has 0 unspecified atom stereocenters. The molecule has 0 aliphatic carbocycles. The van der Waals surface area contributed by atoms with Crippen LogP contribution in [0.1, 0.15) is 21.5 Å². The average Bonchev–Trinajstić information content (AvgIpc) is 2.71. The predicted molar refractivity (Wildman–Crippen MR) is 118 cm³/mol. The number of rotatable bonds is 7. The highest BCUT2D eigenvalue weighted by Crippen LogP contribution is 2.35. The van der Waals surface area contributed by atoms with Crippen molar-refractivity contribution in [3.8, 4) is 0 Å². The number of hydrogen-bond acceptors (Lipinski definition) is 6. The van der Waals surface area contributed by atoms with Gasteiger partial charge in [0.15, 0.2) is 0 Å². The number of carbonyl (C=O) groups is 1. The lowest BCUT2D eigenvalue weighted by molar-refractivity contribution is -0.387. The standard InChI is InChI=1S/C21H16ClN3O4S/c1-13-2-6-16(7-3-13)30-20-9-4-14(10-19(20)25(28)29)12-23-24-15-5-8-18(22)17(11-15)21(26)27/h2-12,24H,1H3,(H,26,27)/b23-12+. The van der Waals surface area contributed by atoms with E-state index in [0.29, 0.717) is 16.1 Å². The van der Waals surface area contributed by atoms with Crippen molar-refractivity contribution in [2.75, 3.05) is 5.43 Å². The second kappa shape index (κ2) is 9.43. The maximum absolute atomic E-state index is 11.5. The highest BCUT2D eigenvalue weighted by Gasteiger charge is 2.15. The first-order valence-corrected chi connectivity index (χ1v) is 9.88. The molecule has 3 aromatic carbocycles. The van der Waals surface area contributed by atoms with Crippen LogP contribution in [0.5, 0.6) is 0 Å². The molecule has 0 aliphatic heterocycles. The minimum absolute atomic E-state index is 0.0239. The van der Waals surface area contributed by atoms with E-state index in [9.17, 15) is 14.9 Å². The number of carboxylic acid groups (broad SMARTS) is 1. The molecule has 0 saturated heterocycles. The SMILES string of the molecule is Cc1ccc(Sc2ccc(/C=N/Nc3ccc(Cl)c(C(=O)O)c3)cc2[N+](=O)[O-])cc1. The van der Waals surface area contributed by atoms with Crippen LogP contribution in [-0.4, -0.2) is 22.2 Å². The van der Waals surface area contributed by atoms with Crippen LogP contribution in [-0.2, 0) is 0 Å². The number of aromatic carboxylic acids is 1. The van der Waals surface area contributed by atoms with Gasteiger partial charge in [-0.15, -0.1) is 0 Å². The molecule has 0 spiro atoms. The Morgan fingerprint density at radius 2 is 1.90 bits per heavy atom. The summed E-state index contributed by atoms with van der Waals surface area (Å²) in [5.41, 5.74) is 4.68. The number of nitro benzene ring substituents is 1. The zero-order valence-corrected chi connectivity index (χ0v) is 17.3. The van der Waals surface area contributed by atoms with Crippen molar-refractivity contribution < 1.29 is 14.8 Å². The summed E-state index contributed by atoms with van der Waals surface area (Å²) < 4.78 is 0. The number of nitro groups is 1. The Balaban J connectivity index is 1.77. The van der Waals surface area contributed by atoms with Crippen molar-refractivity contribution in [2.45, 2.75) is 16.7 Å². The van der Waals surface area contributed by atoms with Gasteiger partial charge < -0.3 is 5.11 Å². The number of nitrogens with zero attached hydrogens (tertiary/aromatic N) is 2. The van der Waals surface area contributed by atoms with Crippen LogP contribution in [0.3, 0.4) is 0 Å². The van der Waals surface area contributed by atoms with Crippen LogP contribution >= 0.6 is 23.4 Å². The molecule has 2 N–H and O–H groups in total. The van der Waals surface area contributed by atoms with Crippen LogP contribution in [0.4, 0.5) is 11.4 Å². The van der Waals surface area contributed by atoms with Crippen molar-refractivity contribution in [1.82, 2.24) is 0 Å². The highest BCUT2D eigenvalue weighted by molar-refractivity contribution is 7.99. The lowest BCUT2D eigenvalue weighted by atomic mass is 10.2. The van der Waals surface area contributed by atoms with E-state index in [1.807, 2.05) is 31.2 Å². The molecule has 7 nitrogen and oxygen atoms in total. The number of aryl methyl sites for hydroxylation is 1. The Kier molecular flexibility index (Phi) is 6.71. The van der Waals surface area contributed by atoms with Gasteiger partial charge in [0.05, 0.1) is 32.3 Å². The van der Waals surface area contributed by atoms with Crippen molar-refractivity contribution in [2.24, 2.45) is 5.10 Å². The topological polar surface area (TPSA) is 105 Å². The van der Waals surface area contributed by atoms with Gasteiger partial charge in [0.2, 0.25) is 0 Å². The number of hydrazone groups is 1. The molecule has 0 heterocycles. The molecule has 3 rings (SSSR count). The monoisotopic (exact) mass is 441 g/mol. The third-order valence-electron chi connectivity index (χ3n) is 4.03. The van der Waals surface area contributed by atoms with Gasteiger partial charge in [0, 0.05) is 16.5 Å². The summed E-state index contributed by atoms with van der Waals surface area (Å²) in [6.45, 7) is 1.98. The largest absolute Gasteiger partial charge is 0.478 e. The molecular weight excluding hydrogens is 426 g/mol. The number of benzene rings is 3. The molecule has 0 aliphatic rings. The van der Waals surface area contributed by atoms with E-state index in [1.54, 1.807) is 18.2 Å². The summed E-state index contributed by atoms with van der Waals surface area (Å²) in [7, 11) is 0.